The van der Waals surface area contributed by atoms with E-state index in [4.69, 9.17) is 10.8 Å². The zero-order valence-electron chi connectivity index (χ0n) is 11.3. The van der Waals surface area contributed by atoms with Gasteiger partial charge in [-0.15, -0.1) is 0 Å². The molecule has 0 atom stereocenters. The summed E-state index contributed by atoms with van der Waals surface area (Å²) in [6.07, 6.45) is 10.7. The Labute approximate surface area is 109 Å². The van der Waals surface area contributed by atoms with E-state index >= 15 is 0 Å². The lowest BCUT2D eigenvalue weighted by molar-refractivity contribution is -0.131. The van der Waals surface area contributed by atoms with Crippen LogP contribution in [-0.2, 0) is 9.59 Å². The molecule has 3 N–H and O–H groups in total. The lowest BCUT2D eigenvalue weighted by Gasteiger charge is -2.03. The maximum absolute atomic E-state index is 11.0. The molecule has 0 unspecified atom stereocenters. The highest BCUT2D eigenvalue weighted by atomic mass is 16.4. The fourth-order valence-electron chi connectivity index (χ4n) is 1.86. The van der Waals surface area contributed by atoms with E-state index in [1.165, 1.54) is 32.1 Å². The summed E-state index contributed by atoms with van der Waals surface area (Å²) >= 11 is 0. The van der Waals surface area contributed by atoms with E-state index in [9.17, 15) is 9.59 Å². The Morgan fingerprint density at radius 2 is 1.50 bits per heavy atom. The zero-order valence-corrected chi connectivity index (χ0v) is 11.3. The maximum Gasteiger partial charge on any atom is 0.328 e. The van der Waals surface area contributed by atoms with E-state index < -0.39 is 11.9 Å². The van der Waals surface area contributed by atoms with Crippen LogP contribution in [0.5, 0.6) is 0 Å². The van der Waals surface area contributed by atoms with Gasteiger partial charge < -0.3 is 10.8 Å². The minimum Gasteiger partial charge on any atom is -0.478 e. The van der Waals surface area contributed by atoms with Crippen molar-refractivity contribution in [3.8, 4) is 0 Å². The topological polar surface area (TPSA) is 80.4 Å². The molecule has 1 amide bonds. The largest absolute Gasteiger partial charge is 0.478 e. The number of hydrogen-bond donors (Lipinski definition) is 2. The van der Waals surface area contributed by atoms with Crippen molar-refractivity contribution < 1.29 is 14.7 Å². The van der Waals surface area contributed by atoms with Crippen molar-refractivity contribution in [3.05, 3.63) is 11.6 Å². The fourth-order valence-corrected chi connectivity index (χ4v) is 1.86. The van der Waals surface area contributed by atoms with Gasteiger partial charge in [0.05, 0.1) is 0 Å². The SMILES string of the molecule is CCCCCCCCCC/C(=C\C(=O)O)C(N)=O. The first-order valence-corrected chi connectivity index (χ1v) is 6.81. The molecular formula is C14H25NO3. The van der Waals surface area contributed by atoms with Gasteiger partial charge in [0, 0.05) is 11.6 Å². The van der Waals surface area contributed by atoms with Gasteiger partial charge in [-0.25, -0.2) is 4.79 Å². The smallest absolute Gasteiger partial charge is 0.328 e. The molecule has 0 aliphatic rings. The standard InChI is InChI=1S/C14H25NO3/c1-2-3-4-5-6-7-8-9-10-12(14(15)18)11-13(16)17/h11H,2-10H2,1H3,(H2,15,18)(H,16,17)/b12-11+. The summed E-state index contributed by atoms with van der Waals surface area (Å²) in [4.78, 5) is 21.4. The highest BCUT2D eigenvalue weighted by molar-refractivity contribution is 5.97. The van der Waals surface area contributed by atoms with Crippen LogP contribution >= 0.6 is 0 Å². The highest BCUT2D eigenvalue weighted by Crippen LogP contribution is 2.12. The quantitative estimate of drug-likeness (QED) is 0.440. The number of primary amides is 1. The first-order valence-electron chi connectivity index (χ1n) is 6.81. The van der Waals surface area contributed by atoms with Gasteiger partial charge in [-0.05, 0) is 12.8 Å². The monoisotopic (exact) mass is 255 g/mol. The number of amides is 1. The molecule has 0 radical (unpaired) electrons. The van der Waals surface area contributed by atoms with E-state index in [0.717, 1.165) is 25.3 Å². The van der Waals surface area contributed by atoms with Crippen molar-refractivity contribution >= 4 is 11.9 Å². The Morgan fingerprint density at radius 1 is 1.00 bits per heavy atom. The van der Waals surface area contributed by atoms with E-state index in [2.05, 4.69) is 6.92 Å². The molecule has 0 fully saturated rings. The Bertz CT molecular complexity index is 285. The molecule has 0 aromatic carbocycles. The van der Waals surface area contributed by atoms with E-state index in [-0.39, 0.29) is 5.57 Å². The molecule has 0 heterocycles. The Hall–Kier alpha value is -1.32. The number of nitrogens with two attached hydrogens (primary N) is 1. The van der Waals surface area contributed by atoms with Crippen LogP contribution in [0, 0.1) is 0 Å². The predicted octanol–water partition coefficient (Wildman–Crippen LogP) is 3.01. The van der Waals surface area contributed by atoms with Crippen molar-refractivity contribution in [2.45, 2.75) is 64.7 Å². The molecule has 0 bridgehead atoms. The number of hydrogen-bond acceptors (Lipinski definition) is 2. The molecule has 0 rings (SSSR count). The molecule has 18 heavy (non-hydrogen) atoms. The van der Waals surface area contributed by atoms with Gasteiger partial charge in [0.15, 0.2) is 0 Å². The van der Waals surface area contributed by atoms with E-state index in [0.29, 0.717) is 6.42 Å². The Morgan fingerprint density at radius 3 is 1.94 bits per heavy atom. The molecular weight excluding hydrogens is 230 g/mol. The van der Waals surface area contributed by atoms with Gasteiger partial charge in [-0.3, -0.25) is 4.79 Å². The second-order valence-electron chi connectivity index (χ2n) is 4.60. The number of aliphatic carboxylic acids is 1. The molecule has 0 saturated heterocycles. The van der Waals surface area contributed by atoms with Gasteiger partial charge in [-0.1, -0.05) is 51.9 Å². The van der Waals surface area contributed by atoms with Gasteiger partial charge >= 0.3 is 5.97 Å². The fraction of sp³-hybridized carbons (Fsp3) is 0.714. The van der Waals surface area contributed by atoms with Crippen molar-refractivity contribution in [2.75, 3.05) is 0 Å². The number of carboxylic acid groups (broad SMARTS) is 1. The lowest BCUT2D eigenvalue weighted by Crippen LogP contribution is -2.15. The molecule has 0 saturated carbocycles. The lowest BCUT2D eigenvalue weighted by atomic mass is 10.0. The molecule has 4 nitrogen and oxygen atoms in total. The number of rotatable bonds is 11. The zero-order chi connectivity index (χ0) is 13.8. The molecule has 104 valence electrons. The summed E-state index contributed by atoms with van der Waals surface area (Å²) in [5.41, 5.74) is 5.33. The summed E-state index contributed by atoms with van der Waals surface area (Å²) < 4.78 is 0. The van der Waals surface area contributed by atoms with Crippen LogP contribution in [0.25, 0.3) is 0 Å². The third-order valence-corrected chi connectivity index (χ3v) is 2.91. The summed E-state index contributed by atoms with van der Waals surface area (Å²) in [5.74, 6) is -1.73. The summed E-state index contributed by atoms with van der Waals surface area (Å²) in [7, 11) is 0. The second-order valence-corrected chi connectivity index (χ2v) is 4.60. The average molecular weight is 255 g/mol. The van der Waals surface area contributed by atoms with E-state index in [1.54, 1.807) is 0 Å². The van der Waals surface area contributed by atoms with Crippen LogP contribution in [0.4, 0.5) is 0 Å². The predicted molar refractivity (Wildman–Crippen MR) is 72.1 cm³/mol. The summed E-state index contributed by atoms with van der Waals surface area (Å²) in [6, 6.07) is 0. The van der Waals surface area contributed by atoms with Crippen LogP contribution in [0.2, 0.25) is 0 Å². The minimum absolute atomic E-state index is 0.216. The normalized spacial score (nSPS) is 11.5. The van der Waals surface area contributed by atoms with E-state index in [1.807, 2.05) is 0 Å². The number of unbranched alkanes of at least 4 members (excludes halogenated alkanes) is 7. The average Bonchev–Trinajstić information content (AvgIpc) is 2.30. The van der Waals surface area contributed by atoms with Crippen molar-refractivity contribution in [1.29, 1.82) is 0 Å². The number of carbonyl (C=O) groups is 2. The summed E-state index contributed by atoms with van der Waals surface area (Å²) in [5, 5.41) is 8.57. The first kappa shape index (κ1) is 16.7. The van der Waals surface area contributed by atoms with Crippen molar-refractivity contribution in [3.63, 3.8) is 0 Å². The molecule has 0 spiro atoms. The minimum atomic E-state index is -1.11. The van der Waals surface area contributed by atoms with Gasteiger partial charge in [0.25, 0.3) is 0 Å². The molecule has 0 aliphatic carbocycles. The van der Waals surface area contributed by atoms with Gasteiger partial charge in [0.1, 0.15) is 0 Å². The Kier molecular flexibility index (Phi) is 10.0. The third kappa shape index (κ3) is 9.87. The van der Waals surface area contributed by atoms with Crippen LogP contribution < -0.4 is 5.73 Å². The number of carboxylic acids is 1. The molecule has 0 aliphatic heterocycles. The van der Waals surface area contributed by atoms with Crippen molar-refractivity contribution in [1.82, 2.24) is 0 Å². The van der Waals surface area contributed by atoms with Crippen LogP contribution in [0.1, 0.15) is 64.7 Å². The first-order chi connectivity index (χ1) is 8.57. The second kappa shape index (κ2) is 10.8. The van der Waals surface area contributed by atoms with Gasteiger partial charge in [-0.2, -0.15) is 0 Å². The molecule has 4 heteroatoms. The van der Waals surface area contributed by atoms with Crippen LogP contribution in [0.3, 0.4) is 0 Å². The van der Waals surface area contributed by atoms with Gasteiger partial charge in [0.2, 0.25) is 5.91 Å². The Balaban J connectivity index is 3.63. The maximum atomic E-state index is 11.0. The van der Waals surface area contributed by atoms with Crippen LogP contribution in [-0.4, -0.2) is 17.0 Å². The third-order valence-electron chi connectivity index (χ3n) is 2.91. The number of carbonyl (C=O) groups excluding carboxylic acids is 1. The molecule has 0 aromatic heterocycles. The molecule has 0 aromatic rings. The van der Waals surface area contributed by atoms with Crippen LogP contribution in [0.15, 0.2) is 11.6 Å². The van der Waals surface area contributed by atoms with Crippen molar-refractivity contribution in [2.24, 2.45) is 5.73 Å². The highest BCUT2D eigenvalue weighted by Gasteiger charge is 2.06. The summed E-state index contributed by atoms with van der Waals surface area (Å²) in [6.45, 7) is 2.19.